The topological polar surface area (TPSA) is 113 Å². The summed E-state index contributed by atoms with van der Waals surface area (Å²) in [7, 11) is 0. The van der Waals surface area contributed by atoms with Crippen LogP contribution in [0.5, 0.6) is 0 Å². The minimum absolute atomic E-state index is 0.166. The summed E-state index contributed by atoms with van der Waals surface area (Å²) < 4.78 is 1.87. The zero-order valence-electron chi connectivity index (χ0n) is 13.3. The quantitative estimate of drug-likeness (QED) is 0.679. The Morgan fingerprint density at radius 1 is 1.17 bits per heavy atom. The number of rotatable bonds is 8. The highest BCUT2D eigenvalue weighted by atomic mass is 16.4. The molecule has 7 heteroatoms. The molecule has 1 unspecified atom stereocenters. The molecule has 0 saturated carbocycles. The molecule has 0 fully saturated rings. The fraction of sp³-hybridized carbons (Fsp3) is 0.353. The highest BCUT2D eigenvalue weighted by molar-refractivity contribution is 5.83. The lowest BCUT2D eigenvalue weighted by Gasteiger charge is -2.21. The summed E-state index contributed by atoms with van der Waals surface area (Å²) in [6.45, 7) is 2.75. The highest BCUT2D eigenvalue weighted by Crippen LogP contribution is 2.23. The third-order valence-electron chi connectivity index (χ3n) is 3.93. The number of aliphatic carboxylic acids is 2. The predicted molar refractivity (Wildman–Crippen MR) is 86.5 cm³/mol. The van der Waals surface area contributed by atoms with Crippen LogP contribution < -0.4 is 0 Å². The smallest absolute Gasteiger partial charge is 0.336 e. The summed E-state index contributed by atoms with van der Waals surface area (Å²) >= 11 is 0. The van der Waals surface area contributed by atoms with E-state index < -0.39 is 24.0 Å². The Morgan fingerprint density at radius 2 is 1.83 bits per heavy atom. The van der Waals surface area contributed by atoms with E-state index in [2.05, 4.69) is 5.10 Å². The molecule has 7 nitrogen and oxygen atoms in total. The van der Waals surface area contributed by atoms with Gasteiger partial charge in [-0.1, -0.05) is 24.3 Å². The molecule has 0 spiro atoms. The third kappa shape index (κ3) is 3.99. The second-order valence-corrected chi connectivity index (χ2v) is 5.64. The molecular weight excluding hydrogens is 312 g/mol. The first-order valence-electron chi connectivity index (χ1n) is 7.64. The van der Waals surface area contributed by atoms with Gasteiger partial charge in [0.25, 0.3) is 0 Å². The van der Waals surface area contributed by atoms with Gasteiger partial charge in [0, 0.05) is 12.7 Å². The second-order valence-electron chi connectivity index (χ2n) is 5.64. The van der Waals surface area contributed by atoms with E-state index in [0.717, 1.165) is 23.4 Å². The number of hydrogen-bond donors (Lipinski definition) is 3. The van der Waals surface area contributed by atoms with Gasteiger partial charge < -0.3 is 15.3 Å². The number of aromatic nitrogens is 2. The fourth-order valence-corrected chi connectivity index (χ4v) is 2.54. The normalized spacial score (nSPS) is 13.4. The van der Waals surface area contributed by atoms with Gasteiger partial charge in [-0.3, -0.25) is 9.48 Å². The molecule has 0 aliphatic rings. The summed E-state index contributed by atoms with van der Waals surface area (Å²) in [6, 6.07) is 9.39. The van der Waals surface area contributed by atoms with E-state index in [0.29, 0.717) is 0 Å². The van der Waals surface area contributed by atoms with Crippen LogP contribution in [0.15, 0.2) is 36.5 Å². The first-order valence-corrected chi connectivity index (χ1v) is 7.64. The number of aryl methyl sites for hydroxylation is 2. The Kier molecular flexibility index (Phi) is 5.35. The standard InChI is InChI=1S/C17H20N2O5/c1-2-19-14(8-10-18-19)13-5-3-12(4-6-13)7-9-17(24,16(22)23)11-15(20)21/h3-6,8,10,24H,2,7,9,11H2,1H3,(H,20,21)(H,22,23). The number of carboxylic acid groups (broad SMARTS) is 2. The molecule has 0 bridgehead atoms. The van der Waals surface area contributed by atoms with Gasteiger partial charge in [-0.15, -0.1) is 0 Å². The van der Waals surface area contributed by atoms with E-state index in [1.807, 2.05) is 41.9 Å². The van der Waals surface area contributed by atoms with Crippen molar-refractivity contribution in [1.29, 1.82) is 0 Å². The molecular formula is C17H20N2O5. The van der Waals surface area contributed by atoms with Crippen molar-refractivity contribution < 1.29 is 24.9 Å². The van der Waals surface area contributed by atoms with Crippen LogP contribution >= 0.6 is 0 Å². The Labute approximate surface area is 139 Å². The molecule has 0 amide bonds. The maximum absolute atomic E-state index is 11.1. The first kappa shape index (κ1) is 17.7. The average Bonchev–Trinajstić information content (AvgIpc) is 3.01. The lowest BCUT2D eigenvalue weighted by molar-refractivity contribution is -0.166. The van der Waals surface area contributed by atoms with Gasteiger partial charge >= 0.3 is 11.9 Å². The number of nitrogens with zero attached hydrogens (tertiary/aromatic N) is 2. The van der Waals surface area contributed by atoms with Gasteiger partial charge in [-0.2, -0.15) is 5.10 Å². The van der Waals surface area contributed by atoms with Crippen molar-refractivity contribution in [2.45, 2.75) is 38.3 Å². The Balaban J connectivity index is 2.09. The third-order valence-corrected chi connectivity index (χ3v) is 3.93. The van der Waals surface area contributed by atoms with Crippen molar-refractivity contribution in [1.82, 2.24) is 9.78 Å². The molecule has 2 rings (SSSR count). The lowest BCUT2D eigenvalue weighted by Crippen LogP contribution is -2.41. The maximum atomic E-state index is 11.1. The first-order chi connectivity index (χ1) is 11.4. The molecule has 0 saturated heterocycles. The van der Waals surface area contributed by atoms with E-state index in [1.54, 1.807) is 6.20 Å². The van der Waals surface area contributed by atoms with Crippen LogP contribution in [0, 0.1) is 0 Å². The number of carbonyl (C=O) groups is 2. The molecule has 1 atom stereocenters. The van der Waals surface area contributed by atoms with Crippen LogP contribution in [0.1, 0.15) is 25.3 Å². The summed E-state index contributed by atoms with van der Waals surface area (Å²) in [4.78, 5) is 21.9. The van der Waals surface area contributed by atoms with Gasteiger partial charge in [0.15, 0.2) is 5.60 Å². The van der Waals surface area contributed by atoms with Crippen LogP contribution in [-0.2, 0) is 22.6 Å². The molecule has 1 heterocycles. The SMILES string of the molecule is CCn1nccc1-c1ccc(CCC(O)(CC(=O)O)C(=O)O)cc1. The Bertz CT molecular complexity index is 723. The Morgan fingerprint density at radius 3 is 2.38 bits per heavy atom. The molecule has 1 aromatic carbocycles. The van der Waals surface area contributed by atoms with Crippen LogP contribution in [0.2, 0.25) is 0 Å². The highest BCUT2D eigenvalue weighted by Gasteiger charge is 2.38. The van der Waals surface area contributed by atoms with Crippen LogP contribution in [-0.4, -0.2) is 42.6 Å². The summed E-state index contributed by atoms with van der Waals surface area (Å²) in [5.41, 5.74) is 0.534. The van der Waals surface area contributed by atoms with Crippen molar-refractivity contribution in [2.24, 2.45) is 0 Å². The van der Waals surface area contributed by atoms with Crippen LogP contribution in [0.4, 0.5) is 0 Å². The molecule has 0 radical (unpaired) electrons. The van der Waals surface area contributed by atoms with E-state index in [9.17, 15) is 14.7 Å². The van der Waals surface area contributed by atoms with Gasteiger partial charge in [0.1, 0.15) is 0 Å². The van der Waals surface area contributed by atoms with Crippen molar-refractivity contribution in [3.8, 4) is 11.3 Å². The number of hydrogen-bond acceptors (Lipinski definition) is 4. The van der Waals surface area contributed by atoms with Gasteiger partial charge in [0.05, 0.1) is 12.1 Å². The largest absolute Gasteiger partial charge is 0.481 e. The van der Waals surface area contributed by atoms with Crippen LogP contribution in [0.3, 0.4) is 0 Å². The molecule has 2 aromatic rings. The van der Waals surface area contributed by atoms with Crippen molar-refractivity contribution >= 4 is 11.9 Å². The molecule has 3 N–H and O–H groups in total. The monoisotopic (exact) mass is 332 g/mol. The molecule has 24 heavy (non-hydrogen) atoms. The van der Waals surface area contributed by atoms with Crippen molar-refractivity contribution in [3.63, 3.8) is 0 Å². The van der Waals surface area contributed by atoms with Gasteiger partial charge in [0.2, 0.25) is 0 Å². The number of benzene rings is 1. The van der Waals surface area contributed by atoms with Gasteiger partial charge in [-0.25, -0.2) is 4.79 Å². The van der Waals surface area contributed by atoms with Crippen molar-refractivity contribution in [2.75, 3.05) is 0 Å². The minimum atomic E-state index is -2.26. The van der Waals surface area contributed by atoms with Crippen molar-refractivity contribution in [3.05, 3.63) is 42.1 Å². The average molecular weight is 332 g/mol. The van der Waals surface area contributed by atoms with Gasteiger partial charge in [-0.05, 0) is 37.0 Å². The van der Waals surface area contributed by atoms with Crippen LogP contribution in [0.25, 0.3) is 11.3 Å². The lowest BCUT2D eigenvalue weighted by atomic mass is 9.91. The fourth-order valence-electron chi connectivity index (χ4n) is 2.54. The van der Waals surface area contributed by atoms with E-state index in [-0.39, 0.29) is 12.8 Å². The molecule has 128 valence electrons. The molecule has 1 aromatic heterocycles. The predicted octanol–water partition coefficient (Wildman–Crippen LogP) is 1.79. The maximum Gasteiger partial charge on any atom is 0.336 e. The van der Waals surface area contributed by atoms with E-state index >= 15 is 0 Å². The number of carboxylic acids is 2. The second kappa shape index (κ2) is 7.27. The summed E-state index contributed by atoms with van der Waals surface area (Å²) in [6.07, 6.45) is 1.01. The number of aliphatic hydroxyl groups is 1. The zero-order chi connectivity index (χ0) is 17.7. The van der Waals surface area contributed by atoms with E-state index in [4.69, 9.17) is 10.2 Å². The zero-order valence-corrected chi connectivity index (χ0v) is 13.3. The summed E-state index contributed by atoms with van der Waals surface area (Å²) in [5.74, 6) is -2.86. The van der Waals surface area contributed by atoms with E-state index in [1.165, 1.54) is 0 Å². The minimum Gasteiger partial charge on any atom is -0.481 e. The molecule has 0 aliphatic heterocycles. The Hall–Kier alpha value is -2.67. The molecule has 0 aliphatic carbocycles. The summed E-state index contributed by atoms with van der Waals surface area (Å²) in [5, 5.41) is 32.0.